The number of nitrogens with one attached hydrogen (secondary N) is 1. The normalized spacial score (nSPS) is 13.4. The number of carbonyl (C=O) groups is 2. The highest BCUT2D eigenvalue weighted by atomic mass is 35.5. The smallest absolute Gasteiger partial charge is 0.282 e. The van der Waals surface area contributed by atoms with E-state index >= 15 is 0 Å². The summed E-state index contributed by atoms with van der Waals surface area (Å²) < 4.78 is 5.42. The third kappa shape index (κ3) is 3.82. The number of benzene rings is 3. The minimum atomic E-state index is -0.506. The van der Waals surface area contributed by atoms with Crippen LogP contribution in [0, 0.1) is 18.3 Å². The number of carbonyl (C=O) groups excluding carboxylic acids is 2. The molecule has 3 aromatic carbocycles. The van der Waals surface area contributed by atoms with E-state index in [1.807, 2.05) is 25.1 Å². The highest BCUT2D eigenvalue weighted by molar-refractivity contribution is 6.46. The van der Waals surface area contributed by atoms with Crippen LogP contribution in [0.4, 0.5) is 11.4 Å². The number of aryl methyl sites for hydroxylation is 1. The molecule has 7 heteroatoms. The molecule has 3 aromatic rings. The van der Waals surface area contributed by atoms with Crippen molar-refractivity contribution in [2.75, 3.05) is 17.3 Å². The van der Waals surface area contributed by atoms with E-state index < -0.39 is 11.8 Å². The van der Waals surface area contributed by atoms with Crippen LogP contribution < -0.4 is 15.0 Å². The first-order chi connectivity index (χ1) is 15.4. The Hall–Kier alpha value is -4.08. The van der Waals surface area contributed by atoms with Gasteiger partial charge in [0.2, 0.25) is 0 Å². The van der Waals surface area contributed by atoms with Gasteiger partial charge in [-0.15, -0.1) is 0 Å². The number of ether oxygens (including phenoxy) is 1. The predicted molar refractivity (Wildman–Crippen MR) is 123 cm³/mol. The summed E-state index contributed by atoms with van der Waals surface area (Å²) >= 11 is 6.02. The summed E-state index contributed by atoms with van der Waals surface area (Å²) in [4.78, 5) is 28.0. The van der Waals surface area contributed by atoms with E-state index in [2.05, 4.69) is 5.32 Å². The van der Waals surface area contributed by atoms with Gasteiger partial charge in [-0.3, -0.25) is 9.59 Å². The van der Waals surface area contributed by atoms with Gasteiger partial charge < -0.3 is 10.1 Å². The van der Waals surface area contributed by atoms with Crippen LogP contribution in [0.25, 0.3) is 5.57 Å². The molecule has 0 fully saturated rings. The lowest BCUT2D eigenvalue weighted by Gasteiger charge is -2.16. The Morgan fingerprint density at radius 3 is 2.28 bits per heavy atom. The van der Waals surface area contributed by atoms with Crippen molar-refractivity contribution < 1.29 is 14.3 Å². The number of rotatable bonds is 5. The van der Waals surface area contributed by atoms with Crippen LogP contribution in [0.1, 0.15) is 16.7 Å². The van der Waals surface area contributed by atoms with Crippen LogP contribution in [0.3, 0.4) is 0 Å². The monoisotopic (exact) mass is 443 g/mol. The maximum Gasteiger partial charge on any atom is 0.282 e. The summed E-state index contributed by atoms with van der Waals surface area (Å²) in [5.41, 5.74) is 3.24. The van der Waals surface area contributed by atoms with Gasteiger partial charge in [0.25, 0.3) is 11.8 Å². The largest absolute Gasteiger partial charge is 0.495 e. The molecule has 1 N–H and O–H groups in total. The predicted octanol–water partition coefficient (Wildman–Crippen LogP) is 4.93. The number of hydrogen-bond donors (Lipinski definition) is 1. The average molecular weight is 444 g/mol. The van der Waals surface area contributed by atoms with Crippen molar-refractivity contribution >= 4 is 40.4 Å². The fraction of sp³-hybridized carbons (Fsp3) is 0.0800. The summed E-state index contributed by atoms with van der Waals surface area (Å²) in [7, 11) is 1.54. The van der Waals surface area contributed by atoms with Gasteiger partial charge in [-0.2, -0.15) is 5.26 Å². The van der Waals surface area contributed by atoms with Gasteiger partial charge in [-0.05, 0) is 66.6 Å². The molecule has 0 bridgehead atoms. The van der Waals surface area contributed by atoms with Crippen molar-refractivity contribution in [3.8, 4) is 11.8 Å². The maximum absolute atomic E-state index is 13.5. The van der Waals surface area contributed by atoms with E-state index in [9.17, 15) is 9.59 Å². The summed E-state index contributed by atoms with van der Waals surface area (Å²) in [6.45, 7) is 1.92. The number of hydrogen-bond acceptors (Lipinski definition) is 5. The standard InChI is InChI=1S/C25H18ClN3O3/c1-15-3-12-21(32-2)20(13-15)28-23-22(17-6-8-18(26)9-7-17)24(30)29(25(23)31)19-10-4-16(14-27)5-11-19/h3-13,28H,1-2H3. The fourth-order valence-corrected chi connectivity index (χ4v) is 3.63. The van der Waals surface area contributed by atoms with Crippen LogP contribution in [0.5, 0.6) is 5.75 Å². The Morgan fingerprint density at radius 1 is 0.969 bits per heavy atom. The molecule has 0 saturated carbocycles. The zero-order valence-electron chi connectivity index (χ0n) is 17.3. The second-order valence-electron chi connectivity index (χ2n) is 7.19. The molecule has 32 heavy (non-hydrogen) atoms. The maximum atomic E-state index is 13.5. The minimum absolute atomic E-state index is 0.130. The van der Waals surface area contributed by atoms with Gasteiger partial charge in [0.15, 0.2) is 0 Å². The summed E-state index contributed by atoms with van der Waals surface area (Å²) in [5.74, 6) is -0.444. The van der Waals surface area contributed by atoms with Gasteiger partial charge in [0, 0.05) is 5.02 Å². The van der Waals surface area contributed by atoms with Crippen molar-refractivity contribution in [3.63, 3.8) is 0 Å². The van der Waals surface area contributed by atoms with E-state index in [0.717, 1.165) is 10.5 Å². The number of halogens is 1. The van der Waals surface area contributed by atoms with Crippen LogP contribution >= 0.6 is 11.6 Å². The quantitative estimate of drug-likeness (QED) is 0.565. The topological polar surface area (TPSA) is 82.4 Å². The first-order valence-corrected chi connectivity index (χ1v) is 10.1. The van der Waals surface area contributed by atoms with E-state index in [4.69, 9.17) is 21.6 Å². The van der Waals surface area contributed by atoms with Crippen molar-refractivity contribution in [3.05, 3.63) is 94.1 Å². The summed E-state index contributed by atoms with van der Waals surface area (Å²) in [5, 5.41) is 12.7. The Morgan fingerprint density at radius 2 is 1.66 bits per heavy atom. The molecule has 0 unspecified atom stereocenters. The first-order valence-electron chi connectivity index (χ1n) is 9.73. The second kappa shape index (κ2) is 8.58. The van der Waals surface area contributed by atoms with Gasteiger partial charge in [0.05, 0.1) is 35.7 Å². The zero-order chi connectivity index (χ0) is 22.8. The molecule has 1 heterocycles. The van der Waals surface area contributed by atoms with E-state index in [0.29, 0.717) is 33.3 Å². The van der Waals surface area contributed by atoms with Crippen molar-refractivity contribution in [1.82, 2.24) is 0 Å². The molecule has 6 nitrogen and oxygen atoms in total. The summed E-state index contributed by atoms with van der Waals surface area (Å²) in [6, 6.07) is 20.5. The van der Waals surface area contributed by atoms with Gasteiger partial charge in [-0.25, -0.2) is 4.90 Å². The van der Waals surface area contributed by atoms with E-state index in [1.54, 1.807) is 54.6 Å². The summed E-state index contributed by atoms with van der Waals surface area (Å²) in [6.07, 6.45) is 0. The molecule has 1 aliphatic heterocycles. The Bertz CT molecular complexity index is 1290. The molecule has 2 amide bonds. The molecular weight excluding hydrogens is 426 g/mol. The minimum Gasteiger partial charge on any atom is -0.495 e. The molecule has 1 aliphatic rings. The first kappa shape index (κ1) is 21.2. The van der Waals surface area contributed by atoms with Gasteiger partial charge >= 0.3 is 0 Å². The number of imide groups is 1. The number of nitriles is 1. The van der Waals surface area contributed by atoms with Crippen LogP contribution in [-0.2, 0) is 9.59 Å². The fourth-order valence-electron chi connectivity index (χ4n) is 3.50. The van der Waals surface area contributed by atoms with Crippen molar-refractivity contribution in [1.29, 1.82) is 5.26 Å². The molecule has 0 aliphatic carbocycles. The SMILES string of the molecule is COc1ccc(C)cc1NC1=C(c2ccc(Cl)cc2)C(=O)N(c2ccc(C#N)cc2)C1=O. The van der Waals surface area contributed by atoms with Crippen molar-refractivity contribution in [2.45, 2.75) is 6.92 Å². The molecule has 158 valence electrons. The third-order valence-electron chi connectivity index (χ3n) is 5.09. The van der Waals surface area contributed by atoms with Crippen molar-refractivity contribution in [2.24, 2.45) is 0 Å². The Labute approximate surface area is 190 Å². The molecule has 4 rings (SSSR count). The van der Waals surface area contributed by atoms with E-state index in [1.165, 1.54) is 7.11 Å². The Balaban J connectivity index is 1.84. The lowest BCUT2D eigenvalue weighted by Crippen LogP contribution is -2.32. The second-order valence-corrected chi connectivity index (χ2v) is 7.63. The number of nitrogens with zero attached hydrogens (tertiary/aromatic N) is 2. The zero-order valence-corrected chi connectivity index (χ0v) is 18.1. The number of amides is 2. The van der Waals surface area contributed by atoms with E-state index in [-0.39, 0.29) is 11.3 Å². The molecule has 0 spiro atoms. The van der Waals surface area contributed by atoms with Gasteiger partial charge in [-0.1, -0.05) is 29.8 Å². The van der Waals surface area contributed by atoms with Gasteiger partial charge in [0.1, 0.15) is 11.4 Å². The average Bonchev–Trinajstić information content (AvgIpc) is 3.04. The molecular formula is C25H18ClN3O3. The highest BCUT2D eigenvalue weighted by Crippen LogP contribution is 2.36. The Kier molecular flexibility index (Phi) is 5.67. The molecule has 0 saturated heterocycles. The number of anilines is 2. The number of methoxy groups -OCH3 is 1. The lowest BCUT2D eigenvalue weighted by atomic mass is 10.0. The third-order valence-corrected chi connectivity index (χ3v) is 5.34. The van der Waals surface area contributed by atoms with Crippen LogP contribution in [-0.4, -0.2) is 18.9 Å². The van der Waals surface area contributed by atoms with Crippen LogP contribution in [0.2, 0.25) is 5.02 Å². The molecule has 0 aromatic heterocycles. The molecule has 0 radical (unpaired) electrons. The van der Waals surface area contributed by atoms with Crippen LogP contribution in [0.15, 0.2) is 72.4 Å². The highest BCUT2D eigenvalue weighted by Gasteiger charge is 2.40. The molecule has 0 atom stereocenters. The lowest BCUT2D eigenvalue weighted by molar-refractivity contribution is -0.120.